The third-order valence-corrected chi connectivity index (χ3v) is 3.28. The molecule has 0 aliphatic carbocycles. The van der Waals surface area contributed by atoms with Crippen LogP contribution in [0.15, 0.2) is 18.2 Å². The van der Waals surface area contributed by atoms with Gasteiger partial charge in [0.15, 0.2) is 0 Å². The number of hydrogen-bond acceptors (Lipinski definition) is 2. The van der Waals surface area contributed by atoms with E-state index in [0.29, 0.717) is 0 Å². The highest BCUT2D eigenvalue weighted by Crippen LogP contribution is 2.21. The summed E-state index contributed by atoms with van der Waals surface area (Å²) in [6, 6.07) is 6.47. The lowest BCUT2D eigenvalue weighted by Gasteiger charge is -2.33. The first kappa shape index (κ1) is 12.7. The zero-order valence-electron chi connectivity index (χ0n) is 11.2. The van der Waals surface area contributed by atoms with Gasteiger partial charge in [-0.1, -0.05) is 39.0 Å². The van der Waals surface area contributed by atoms with E-state index in [2.05, 4.69) is 45.9 Å². The number of hydrogen-bond donors (Lipinski definition) is 0. The Morgan fingerprint density at radius 1 is 1.24 bits per heavy atom. The van der Waals surface area contributed by atoms with Gasteiger partial charge in [-0.3, -0.25) is 0 Å². The second-order valence-corrected chi connectivity index (χ2v) is 5.66. The molecule has 1 fully saturated rings. The first-order valence-corrected chi connectivity index (χ1v) is 6.34. The Labute approximate surface area is 104 Å². The topological polar surface area (TPSA) is 18.5 Å². The standard InChI is InChI=1S/C14H21BO2/c1-5-12-8-13(7-6-11(12)2)15-16-9-14(3,4)10-17-15/h6-8H,5,9-10H2,1-4H3. The first-order chi connectivity index (χ1) is 8.02. The highest BCUT2D eigenvalue weighted by Gasteiger charge is 2.33. The molecule has 1 saturated heterocycles. The molecule has 0 bridgehead atoms. The minimum atomic E-state index is -0.186. The van der Waals surface area contributed by atoms with E-state index in [1.807, 2.05) is 0 Å². The molecule has 1 heterocycles. The van der Waals surface area contributed by atoms with E-state index in [-0.39, 0.29) is 12.5 Å². The number of benzene rings is 1. The monoisotopic (exact) mass is 232 g/mol. The summed E-state index contributed by atoms with van der Waals surface area (Å²) in [5.41, 5.74) is 3.99. The summed E-state index contributed by atoms with van der Waals surface area (Å²) in [5, 5.41) is 0. The second kappa shape index (κ2) is 4.83. The lowest BCUT2D eigenvalue weighted by Crippen LogP contribution is -2.47. The fourth-order valence-corrected chi connectivity index (χ4v) is 2.10. The molecule has 0 N–H and O–H groups in total. The Balaban J connectivity index is 2.13. The van der Waals surface area contributed by atoms with Gasteiger partial charge in [0.1, 0.15) is 0 Å². The first-order valence-electron chi connectivity index (χ1n) is 6.34. The Morgan fingerprint density at radius 3 is 2.47 bits per heavy atom. The summed E-state index contributed by atoms with van der Waals surface area (Å²) in [5.74, 6) is 0. The van der Waals surface area contributed by atoms with Crippen LogP contribution in [-0.4, -0.2) is 20.3 Å². The number of rotatable bonds is 2. The largest absolute Gasteiger partial charge is 0.493 e. The predicted octanol–water partition coefficient (Wildman–Crippen LogP) is 2.33. The molecule has 1 aromatic carbocycles. The summed E-state index contributed by atoms with van der Waals surface area (Å²) >= 11 is 0. The van der Waals surface area contributed by atoms with Crippen molar-refractivity contribution >= 4 is 12.6 Å². The fourth-order valence-electron chi connectivity index (χ4n) is 2.10. The van der Waals surface area contributed by atoms with Gasteiger partial charge in [-0.25, -0.2) is 0 Å². The molecule has 0 spiro atoms. The van der Waals surface area contributed by atoms with Gasteiger partial charge < -0.3 is 9.31 Å². The molecule has 0 aromatic heterocycles. The third kappa shape index (κ3) is 2.91. The quantitative estimate of drug-likeness (QED) is 0.728. The van der Waals surface area contributed by atoms with Gasteiger partial charge in [-0.2, -0.15) is 0 Å². The van der Waals surface area contributed by atoms with Crippen molar-refractivity contribution in [3.05, 3.63) is 29.3 Å². The molecule has 92 valence electrons. The molecule has 0 radical (unpaired) electrons. The summed E-state index contributed by atoms with van der Waals surface area (Å²) in [4.78, 5) is 0. The molecule has 1 aliphatic rings. The molecular weight excluding hydrogens is 211 g/mol. The lowest BCUT2D eigenvalue weighted by molar-refractivity contribution is 0.0343. The predicted molar refractivity (Wildman–Crippen MR) is 71.6 cm³/mol. The van der Waals surface area contributed by atoms with Crippen molar-refractivity contribution in [2.45, 2.75) is 34.1 Å². The minimum absolute atomic E-state index is 0.134. The Bertz CT molecular complexity index is 391. The summed E-state index contributed by atoms with van der Waals surface area (Å²) in [7, 11) is -0.186. The summed E-state index contributed by atoms with van der Waals surface area (Å²) in [6.07, 6.45) is 1.05. The highest BCUT2D eigenvalue weighted by molar-refractivity contribution is 6.61. The van der Waals surface area contributed by atoms with Crippen LogP contribution >= 0.6 is 0 Å². The molecule has 0 saturated carbocycles. The molecule has 0 amide bonds. The van der Waals surface area contributed by atoms with Crippen LogP contribution in [0.25, 0.3) is 0 Å². The zero-order valence-corrected chi connectivity index (χ0v) is 11.2. The zero-order chi connectivity index (χ0) is 12.5. The average molecular weight is 232 g/mol. The second-order valence-electron chi connectivity index (χ2n) is 5.66. The van der Waals surface area contributed by atoms with E-state index in [0.717, 1.165) is 25.1 Å². The van der Waals surface area contributed by atoms with Crippen molar-refractivity contribution in [1.82, 2.24) is 0 Å². The van der Waals surface area contributed by atoms with Crippen LogP contribution < -0.4 is 5.46 Å². The lowest BCUT2D eigenvalue weighted by atomic mass is 9.75. The van der Waals surface area contributed by atoms with E-state index >= 15 is 0 Å². The van der Waals surface area contributed by atoms with E-state index in [9.17, 15) is 0 Å². The van der Waals surface area contributed by atoms with Gasteiger partial charge in [0, 0.05) is 18.6 Å². The van der Waals surface area contributed by atoms with Crippen LogP contribution in [0.2, 0.25) is 0 Å². The van der Waals surface area contributed by atoms with Gasteiger partial charge in [-0.05, 0) is 29.9 Å². The minimum Gasteiger partial charge on any atom is -0.407 e. The summed E-state index contributed by atoms with van der Waals surface area (Å²) in [6.45, 7) is 10.2. The highest BCUT2D eigenvalue weighted by atomic mass is 16.6. The van der Waals surface area contributed by atoms with Crippen molar-refractivity contribution < 1.29 is 9.31 Å². The average Bonchev–Trinajstić information content (AvgIpc) is 2.30. The molecule has 2 nitrogen and oxygen atoms in total. The van der Waals surface area contributed by atoms with Crippen molar-refractivity contribution in [2.24, 2.45) is 5.41 Å². The van der Waals surface area contributed by atoms with Gasteiger partial charge in [0.05, 0.1) is 0 Å². The maximum absolute atomic E-state index is 5.80. The van der Waals surface area contributed by atoms with Crippen LogP contribution in [0.5, 0.6) is 0 Å². The molecule has 2 rings (SSSR count). The van der Waals surface area contributed by atoms with Crippen molar-refractivity contribution in [3.63, 3.8) is 0 Å². The molecule has 1 aromatic rings. The van der Waals surface area contributed by atoms with E-state index in [1.165, 1.54) is 11.1 Å². The molecule has 1 aliphatic heterocycles. The smallest absolute Gasteiger partial charge is 0.407 e. The normalized spacial score (nSPS) is 19.4. The van der Waals surface area contributed by atoms with E-state index in [1.54, 1.807) is 0 Å². The Morgan fingerprint density at radius 2 is 1.88 bits per heavy atom. The number of aryl methyl sites for hydroxylation is 2. The van der Waals surface area contributed by atoms with Crippen molar-refractivity contribution in [2.75, 3.05) is 13.2 Å². The van der Waals surface area contributed by atoms with Crippen molar-refractivity contribution in [1.29, 1.82) is 0 Å². The van der Waals surface area contributed by atoms with Crippen molar-refractivity contribution in [3.8, 4) is 0 Å². The SMILES string of the molecule is CCc1cc(B2OCC(C)(C)CO2)ccc1C. The molecular formula is C14H21BO2. The van der Waals surface area contributed by atoms with Gasteiger partial charge in [-0.15, -0.1) is 0 Å². The van der Waals surface area contributed by atoms with Gasteiger partial charge >= 0.3 is 7.12 Å². The molecule has 3 heteroatoms. The van der Waals surface area contributed by atoms with Gasteiger partial charge in [0.25, 0.3) is 0 Å². The maximum atomic E-state index is 5.80. The van der Waals surface area contributed by atoms with Crippen LogP contribution in [-0.2, 0) is 15.7 Å². The Kier molecular flexibility index (Phi) is 3.60. The molecule has 0 unspecified atom stereocenters. The van der Waals surface area contributed by atoms with Gasteiger partial charge in [0.2, 0.25) is 0 Å². The van der Waals surface area contributed by atoms with Crippen LogP contribution in [0, 0.1) is 12.3 Å². The molecule has 0 atom stereocenters. The van der Waals surface area contributed by atoms with E-state index < -0.39 is 0 Å². The van der Waals surface area contributed by atoms with Crippen LogP contribution in [0.4, 0.5) is 0 Å². The van der Waals surface area contributed by atoms with Crippen LogP contribution in [0.3, 0.4) is 0 Å². The third-order valence-electron chi connectivity index (χ3n) is 3.28. The maximum Gasteiger partial charge on any atom is 0.493 e. The van der Waals surface area contributed by atoms with E-state index in [4.69, 9.17) is 9.31 Å². The van der Waals surface area contributed by atoms with Crippen LogP contribution in [0.1, 0.15) is 31.9 Å². The Hall–Kier alpha value is -0.795. The fraction of sp³-hybridized carbons (Fsp3) is 0.571. The summed E-state index contributed by atoms with van der Waals surface area (Å²) < 4.78 is 11.6. The molecule has 17 heavy (non-hydrogen) atoms.